The molecule has 0 aliphatic heterocycles. The van der Waals surface area contributed by atoms with Gasteiger partial charge in [-0.05, 0) is 25.1 Å². The summed E-state index contributed by atoms with van der Waals surface area (Å²) in [5.41, 5.74) is 9.34. The topological polar surface area (TPSA) is 68.1 Å². The first-order valence-electron chi connectivity index (χ1n) is 6.66. The van der Waals surface area contributed by atoms with Crippen molar-refractivity contribution in [2.24, 2.45) is 0 Å². The number of ether oxygens (including phenoxy) is 1. The molecule has 4 nitrogen and oxygen atoms in total. The lowest BCUT2D eigenvalue weighted by atomic mass is 10.0. The molecule has 3 N–H and O–H groups in total. The van der Waals surface area contributed by atoms with Gasteiger partial charge in [-0.15, -0.1) is 0 Å². The van der Waals surface area contributed by atoms with Crippen LogP contribution in [0.3, 0.4) is 0 Å². The number of nitrogen functional groups attached to an aromatic ring is 1. The molecule has 0 radical (unpaired) electrons. The first kappa shape index (κ1) is 13.2. The smallest absolute Gasteiger partial charge is 0.256 e. The highest BCUT2D eigenvalue weighted by molar-refractivity contribution is 5.98. The highest BCUT2D eigenvalue weighted by atomic mass is 16.5. The van der Waals surface area contributed by atoms with Gasteiger partial charge in [-0.25, -0.2) is 0 Å². The molecule has 0 amide bonds. The highest BCUT2D eigenvalue weighted by Gasteiger charge is 2.11. The van der Waals surface area contributed by atoms with Crippen molar-refractivity contribution in [2.45, 2.75) is 6.92 Å². The summed E-state index contributed by atoms with van der Waals surface area (Å²) in [6.07, 6.45) is 0. The largest absolute Gasteiger partial charge is 0.497 e. The van der Waals surface area contributed by atoms with Crippen LogP contribution in [-0.4, -0.2) is 12.1 Å². The van der Waals surface area contributed by atoms with Gasteiger partial charge in [-0.2, -0.15) is 0 Å². The normalized spacial score (nSPS) is 10.8. The molecule has 1 aromatic heterocycles. The number of nitrogens with two attached hydrogens (primary N) is 1. The molecule has 0 saturated heterocycles. The number of benzene rings is 2. The van der Waals surface area contributed by atoms with Crippen LogP contribution in [0.15, 0.2) is 47.3 Å². The van der Waals surface area contributed by atoms with Gasteiger partial charge in [0.15, 0.2) is 0 Å². The Labute approximate surface area is 122 Å². The van der Waals surface area contributed by atoms with Crippen LogP contribution in [-0.2, 0) is 0 Å². The number of hydrogen-bond acceptors (Lipinski definition) is 3. The molecule has 0 unspecified atom stereocenters. The predicted octanol–water partition coefficient (Wildman–Crippen LogP) is 3.09. The minimum absolute atomic E-state index is 0.173. The van der Waals surface area contributed by atoms with Crippen molar-refractivity contribution < 1.29 is 4.74 Å². The van der Waals surface area contributed by atoms with Crippen molar-refractivity contribution in [2.75, 3.05) is 12.8 Å². The van der Waals surface area contributed by atoms with Crippen molar-refractivity contribution >= 4 is 16.5 Å². The molecule has 0 aliphatic rings. The number of H-pyrrole nitrogens is 1. The second kappa shape index (κ2) is 4.98. The predicted molar refractivity (Wildman–Crippen MR) is 85.7 cm³/mol. The van der Waals surface area contributed by atoms with E-state index in [1.54, 1.807) is 19.2 Å². The Kier molecular flexibility index (Phi) is 3.14. The third-order valence-electron chi connectivity index (χ3n) is 3.61. The molecule has 0 spiro atoms. The van der Waals surface area contributed by atoms with Gasteiger partial charge in [0.05, 0.1) is 23.9 Å². The Morgan fingerprint density at radius 2 is 1.76 bits per heavy atom. The number of anilines is 1. The van der Waals surface area contributed by atoms with E-state index in [-0.39, 0.29) is 5.56 Å². The zero-order valence-corrected chi connectivity index (χ0v) is 11.9. The molecule has 1 heterocycles. The minimum atomic E-state index is -0.173. The van der Waals surface area contributed by atoms with Gasteiger partial charge in [0.1, 0.15) is 5.75 Å². The van der Waals surface area contributed by atoms with Crippen LogP contribution in [0.5, 0.6) is 5.75 Å². The third-order valence-corrected chi connectivity index (χ3v) is 3.61. The van der Waals surface area contributed by atoms with Crippen molar-refractivity contribution in [3.8, 4) is 17.0 Å². The number of nitrogens with one attached hydrogen (secondary N) is 1. The fraction of sp³-hybridized carbons (Fsp3) is 0.118. The van der Waals surface area contributed by atoms with Crippen LogP contribution in [0.2, 0.25) is 0 Å². The van der Waals surface area contributed by atoms with Crippen molar-refractivity contribution in [3.63, 3.8) is 0 Å². The Balaban J connectivity index is 2.29. The maximum absolute atomic E-state index is 12.3. The number of methoxy groups -OCH3 is 1. The molecule has 0 bridgehead atoms. The summed E-state index contributed by atoms with van der Waals surface area (Å²) >= 11 is 0. The van der Waals surface area contributed by atoms with Crippen LogP contribution in [0, 0.1) is 6.92 Å². The highest BCUT2D eigenvalue weighted by Crippen LogP contribution is 2.30. The summed E-state index contributed by atoms with van der Waals surface area (Å²) < 4.78 is 5.15. The maximum atomic E-state index is 12.3. The van der Waals surface area contributed by atoms with Gasteiger partial charge in [0.2, 0.25) is 0 Å². The number of aromatic nitrogens is 1. The van der Waals surface area contributed by atoms with Crippen LogP contribution in [0.4, 0.5) is 5.69 Å². The molecule has 4 heteroatoms. The van der Waals surface area contributed by atoms with E-state index < -0.39 is 0 Å². The monoisotopic (exact) mass is 280 g/mol. The molecule has 3 aromatic rings. The number of hydrogen-bond donors (Lipinski definition) is 2. The first-order valence-corrected chi connectivity index (χ1v) is 6.66. The number of aryl methyl sites for hydroxylation is 1. The van der Waals surface area contributed by atoms with Crippen LogP contribution >= 0.6 is 0 Å². The summed E-state index contributed by atoms with van der Waals surface area (Å²) in [6.45, 7) is 2.02. The van der Waals surface area contributed by atoms with E-state index in [1.165, 1.54) is 0 Å². The van der Waals surface area contributed by atoms with E-state index in [0.29, 0.717) is 22.5 Å². The average Bonchev–Trinajstić information content (AvgIpc) is 2.51. The van der Waals surface area contributed by atoms with Gasteiger partial charge >= 0.3 is 0 Å². The summed E-state index contributed by atoms with van der Waals surface area (Å²) in [7, 11) is 1.57. The summed E-state index contributed by atoms with van der Waals surface area (Å²) in [5.74, 6) is 0.635. The lowest BCUT2D eigenvalue weighted by Crippen LogP contribution is -2.10. The Bertz CT molecular complexity index is 864. The van der Waals surface area contributed by atoms with Gasteiger partial charge < -0.3 is 15.5 Å². The molecule has 2 aromatic carbocycles. The molecule has 0 aliphatic carbocycles. The van der Waals surface area contributed by atoms with Gasteiger partial charge in [0.25, 0.3) is 5.56 Å². The average molecular weight is 280 g/mol. The number of pyridine rings is 1. The molecule has 0 fully saturated rings. The third kappa shape index (κ3) is 2.25. The number of fused-ring (bicyclic) bond motifs is 1. The van der Waals surface area contributed by atoms with E-state index in [4.69, 9.17) is 10.5 Å². The molecule has 3 rings (SSSR count). The van der Waals surface area contributed by atoms with Crippen LogP contribution < -0.4 is 16.0 Å². The van der Waals surface area contributed by atoms with Gasteiger partial charge in [-0.3, -0.25) is 4.79 Å². The second-order valence-electron chi connectivity index (χ2n) is 5.02. The van der Waals surface area contributed by atoms with E-state index in [1.807, 2.05) is 37.3 Å². The standard InChI is InChI=1S/C17H16N2O2/c1-10-3-5-11(6-4-10)16-15(18)13-8-7-12(21-2)9-14(13)17(20)19-16/h3-9H,18H2,1-2H3,(H,19,20). The molecule has 0 atom stereocenters. The molecule has 21 heavy (non-hydrogen) atoms. The zero-order chi connectivity index (χ0) is 15.0. The van der Waals surface area contributed by atoms with Crippen LogP contribution in [0.25, 0.3) is 22.0 Å². The summed E-state index contributed by atoms with van der Waals surface area (Å²) in [5, 5.41) is 1.26. The van der Waals surface area contributed by atoms with E-state index in [0.717, 1.165) is 16.5 Å². The molecular formula is C17H16N2O2. The van der Waals surface area contributed by atoms with Gasteiger partial charge in [0, 0.05) is 10.9 Å². The quantitative estimate of drug-likeness (QED) is 0.758. The Hall–Kier alpha value is -2.75. The molecule has 0 saturated carbocycles. The SMILES string of the molecule is COc1ccc2c(N)c(-c3ccc(C)cc3)[nH]c(=O)c2c1. The number of rotatable bonds is 2. The van der Waals surface area contributed by atoms with Crippen molar-refractivity contribution in [3.05, 3.63) is 58.4 Å². The molecule has 106 valence electrons. The summed E-state index contributed by atoms with van der Waals surface area (Å²) in [6, 6.07) is 13.2. The minimum Gasteiger partial charge on any atom is -0.497 e. The second-order valence-corrected chi connectivity index (χ2v) is 5.02. The van der Waals surface area contributed by atoms with Crippen molar-refractivity contribution in [1.82, 2.24) is 4.98 Å². The Morgan fingerprint density at radius 3 is 2.43 bits per heavy atom. The first-order chi connectivity index (χ1) is 10.1. The van der Waals surface area contributed by atoms with Gasteiger partial charge in [-0.1, -0.05) is 29.8 Å². The fourth-order valence-electron chi connectivity index (χ4n) is 2.40. The fourth-order valence-corrected chi connectivity index (χ4v) is 2.40. The van der Waals surface area contributed by atoms with E-state index in [2.05, 4.69) is 4.98 Å². The Morgan fingerprint density at radius 1 is 1.05 bits per heavy atom. The summed E-state index contributed by atoms with van der Waals surface area (Å²) in [4.78, 5) is 15.2. The van der Waals surface area contributed by atoms with Crippen LogP contribution in [0.1, 0.15) is 5.56 Å². The zero-order valence-electron chi connectivity index (χ0n) is 11.9. The lowest BCUT2D eigenvalue weighted by molar-refractivity contribution is 0.415. The maximum Gasteiger partial charge on any atom is 0.256 e. The lowest BCUT2D eigenvalue weighted by Gasteiger charge is -2.10. The van der Waals surface area contributed by atoms with E-state index in [9.17, 15) is 4.79 Å². The van der Waals surface area contributed by atoms with E-state index >= 15 is 0 Å². The number of aromatic amines is 1. The molecular weight excluding hydrogens is 264 g/mol. The van der Waals surface area contributed by atoms with Crippen molar-refractivity contribution in [1.29, 1.82) is 0 Å².